The normalized spacial score (nSPS) is 11.1. The first-order valence-electron chi connectivity index (χ1n) is 6.42. The van der Waals surface area contributed by atoms with E-state index in [1.54, 1.807) is 54.9 Å². The second-order valence-electron chi connectivity index (χ2n) is 4.48. The zero-order valence-electron chi connectivity index (χ0n) is 11.0. The summed E-state index contributed by atoms with van der Waals surface area (Å²) in [6, 6.07) is 11.6. The molecule has 0 unspecified atom stereocenters. The molecule has 0 saturated heterocycles. The zero-order chi connectivity index (χ0) is 14.7. The van der Waals surface area contributed by atoms with Gasteiger partial charge >= 0.3 is 0 Å². The van der Waals surface area contributed by atoms with Gasteiger partial charge in [-0.2, -0.15) is 0 Å². The van der Waals surface area contributed by atoms with Crippen molar-refractivity contribution in [2.24, 2.45) is 0 Å². The average Bonchev–Trinajstić information content (AvgIpc) is 2.54. The Morgan fingerprint density at radius 2 is 1.86 bits per heavy atom. The number of carbonyl (C=O) groups is 1. The quantitative estimate of drug-likeness (QED) is 0.542. The van der Waals surface area contributed by atoms with Gasteiger partial charge in [0.05, 0.1) is 5.69 Å². The van der Waals surface area contributed by atoms with Crippen LogP contribution >= 0.6 is 0 Å². The Kier molecular flexibility index (Phi) is 3.51. The average molecular weight is 278 g/mol. The van der Waals surface area contributed by atoms with Gasteiger partial charge in [0.15, 0.2) is 5.78 Å². The van der Waals surface area contributed by atoms with E-state index in [-0.39, 0.29) is 11.6 Å². The van der Waals surface area contributed by atoms with Gasteiger partial charge in [0.1, 0.15) is 11.3 Å². The minimum absolute atomic E-state index is 0.146. The molecule has 0 fully saturated rings. The number of fused-ring (bicyclic) bond motifs is 1. The number of para-hydroxylation sites is 1. The van der Waals surface area contributed by atoms with Crippen LogP contribution in [0.4, 0.5) is 4.39 Å². The van der Waals surface area contributed by atoms with Gasteiger partial charge in [0, 0.05) is 23.3 Å². The Morgan fingerprint density at radius 1 is 1.05 bits per heavy atom. The Balaban J connectivity index is 1.90. The van der Waals surface area contributed by atoms with Gasteiger partial charge < -0.3 is 0 Å². The number of rotatable bonds is 3. The highest BCUT2D eigenvalue weighted by molar-refractivity contribution is 6.06. The lowest BCUT2D eigenvalue weighted by atomic mass is 10.1. The third kappa shape index (κ3) is 2.84. The highest BCUT2D eigenvalue weighted by atomic mass is 19.1. The smallest absolute Gasteiger partial charge is 0.186 e. The molecule has 2 aromatic heterocycles. The second kappa shape index (κ2) is 5.63. The predicted octanol–water partition coefficient (Wildman–Crippen LogP) is 3.67. The van der Waals surface area contributed by atoms with E-state index < -0.39 is 0 Å². The molecule has 3 rings (SSSR count). The molecule has 3 aromatic rings. The van der Waals surface area contributed by atoms with Crippen molar-refractivity contribution in [1.82, 2.24) is 9.97 Å². The zero-order valence-corrected chi connectivity index (χ0v) is 11.0. The number of allylic oxidation sites excluding steroid dienone is 1. The molecule has 0 N–H and O–H groups in total. The molecular formula is C17H11FN2O. The first-order valence-corrected chi connectivity index (χ1v) is 6.42. The summed E-state index contributed by atoms with van der Waals surface area (Å²) in [5.74, 6) is -0.518. The molecule has 0 radical (unpaired) electrons. The SMILES string of the molecule is O=C(/C=C/c1ccc2cccc(F)c2n1)c1ccncc1. The summed E-state index contributed by atoms with van der Waals surface area (Å²) in [5.41, 5.74) is 1.39. The van der Waals surface area contributed by atoms with Crippen molar-refractivity contribution in [3.8, 4) is 0 Å². The number of pyridine rings is 2. The fourth-order valence-corrected chi connectivity index (χ4v) is 1.99. The fourth-order valence-electron chi connectivity index (χ4n) is 1.99. The topological polar surface area (TPSA) is 42.9 Å². The van der Waals surface area contributed by atoms with E-state index >= 15 is 0 Å². The van der Waals surface area contributed by atoms with Crippen molar-refractivity contribution >= 4 is 22.8 Å². The molecule has 0 atom stereocenters. The van der Waals surface area contributed by atoms with Crippen molar-refractivity contribution in [3.05, 3.63) is 78.0 Å². The summed E-state index contributed by atoms with van der Waals surface area (Å²) in [6.07, 6.45) is 6.12. The predicted molar refractivity (Wildman–Crippen MR) is 79.3 cm³/mol. The Labute approximate surface area is 120 Å². The summed E-state index contributed by atoms with van der Waals surface area (Å²) in [7, 11) is 0. The van der Waals surface area contributed by atoms with Crippen LogP contribution in [0.3, 0.4) is 0 Å². The number of benzene rings is 1. The molecule has 21 heavy (non-hydrogen) atoms. The number of nitrogens with zero attached hydrogens (tertiary/aromatic N) is 2. The van der Waals surface area contributed by atoms with Crippen molar-refractivity contribution in [2.45, 2.75) is 0 Å². The van der Waals surface area contributed by atoms with Gasteiger partial charge in [-0.15, -0.1) is 0 Å². The highest BCUT2D eigenvalue weighted by Crippen LogP contribution is 2.16. The van der Waals surface area contributed by atoms with Gasteiger partial charge in [-0.05, 0) is 36.4 Å². The van der Waals surface area contributed by atoms with Gasteiger partial charge in [0.25, 0.3) is 0 Å². The second-order valence-corrected chi connectivity index (χ2v) is 4.48. The van der Waals surface area contributed by atoms with Crippen LogP contribution in [0.1, 0.15) is 16.1 Å². The van der Waals surface area contributed by atoms with Crippen LogP contribution in [0.15, 0.2) is 60.9 Å². The van der Waals surface area contributed by atoms with E-state index in [0.717, 1.165) is 5.39 Å². The van der Waals surface area contributed by atoms with Gasteiger partial charge in [-0.3, -0.25) is 9.78 Å². The van der Waals surface area contributed by atoms with Crippen LogP contribution in [-0.4, -0.2) is 15.8 Å². The molecule has 0 spiro atoms. The van der Waals surface area contributed by atoms with E-state index in [2.05, 4.69) is 9.97 Å². The summed E-state index contributed by atoms with van der Waals surface area (Å²) < 4.78 is 13.7. The van der Waals surface area contributed by atoms with E-state index in [1.165, 1.54) is 12.1 Å². The molecule has 2 heterocycles. The fraction of sp³-hybridized carbons (Fsp3) is 0. The van der Waals surface area contributed by atoms with Crippen LogP contribution in [0, 0.1) is 5.82 Å². The van der Waals surface area contributed by atoms with E-state index in [4.69, 9.17) is 0 Å². The molecule has 0 aliphatic carbocycles. The van der Waals surface area contributed by atoms with Crippen LogP contribution in [-0.2, 0) is 0 Å². The monoisotopic (exact) mass is 278 g/mol. The third-order valence-corrected chi connectivity index (χ3v) is 3.06. The lowest BCUT2D eigenvalue weighted by Gasteiger charge is -2.00. The Morgan fingerprint density at radius 3 is 2.67 bits per heavy atom. The molecule has 0 saturated carbocycles. The summed E-state index contributed by atoms with van der Waals surface area (Å²) in [6.45, 7) is 0. The molecule has 102 valence electrons. The Bertz CT molecular complexity index is 829. The van der Waals surface area contributed by atoms with Crippen molar-refractivity contribution in [1.29, 1.82) is 0 Å². The van der Waals surface area contributed by atoms with Crippen molar-refractivity contribution in [3.63, 3.8) is 0 Å². The van der Waals surface area contributed by atoms with Crippen LogP contribution in [0.5, 0.6) is 0 Å². The van der Waals surface area contributed by atoms with Crippen molar-refractivity contribution < 1.29 is 9.18 Å². The first-order chi connectivity index (χ1) is 10.2. The number of hydrogen-bond acceptors (Lipinski definition) is 3. The summed E-state index contributed by atoms with van der Waals surface area (Å²) in [4.78, 5) is 20.0. The maximum atomic E-state index is 13.7. The maximum Gasteiger partial charge on any atom is 0.186 e. The molecule has 0 aliphatic heterocycles. The maximum absolute atomic E-state index is 13.7. The lowest BCUT2D eigenvalue weighted by Crippen LogP contribution is -1.94. The van der Waals surface area contributed by atoms with E-state index in [0.29, 0.717) is 16.8 Å². The lowest BCUT2D eigenvalue weighted by molar-refractivity contribution is 0.104. The number of ketones is 1. The summed E-state index contributed by atoms with van der Waals surface area (Å²) >= 11 is 0. The largest absolute Gasteiger partial charge is 0.289 e. The third-order valence-electron chi connectivity index (χ3n) is 3.06. The molecule has 0 amide bonds. The van der Waals surface area contributed by atoms with Gasteiger partial charge in [0.2, 0.25) is 0 Å². The molecular weight excluding hydrogens is 267 g/mol. The number of hydrogen-bond donors (Lipinski definition) is 0. The molecule has 0 bridgehead atoms. The molecule has 0 aliphatic rings. The van der Waals surface area contributed by atoms with Crippen LogP contribution < -0.4 is 0 Å². The molecule has 1 aromatic carbocycles. The highest BCUT2D eigenvalue weighted by Gasteiger charge is 2.03. The number of aromatic nitrogens is 2. The standard InChI is InChI=1S/C17H11FN2O/c18-15-3-1-2-13-4-5-14(20-17(13)15)6-7-16(21)12-8-10-19-11-9-12/h1-11H/b7-6+. The van der Waals surface area contributed by atoms with Gasteiger partial charge in [-0.1, -0.05) is 18.2 Å². The van der Waals surface area contributed by atoms with E-state index in [9.17, 15) is 9.18 Å². The number of carbonyl (C=O) groups excluding carboxylic acids is 1. The van der Waals surface area contributed by atoms with Crippen LogP contribution in [0.25, 0.3) is 17.0 Å². The van der Waals surface area contributed by atoms with E-state index in [1.807, 2.05) is 0 Å². The minimum atomic E-state index is -0.372. The summed E-state index contributed by atoms with van der Waals surface area (Å²) in [5, 5.41) is 0.729. The van der Waals surface area contributed by atoms with Gasteiger partial charge in [-0.25, -0.2) is 9.37 Å². The van der Waals surface area contributed by atoms with Crippen LogP contribution in [0.2, 0.25) is 0 Å². The first kappa shape index (κ1) is 13.1. The number of halogens is 1. The molecule has 3 nitrogen and oxygen atoms in total. The van der Waals surface area contributed by atoms with Crippen molar-refractivity contribution in [2.75, 3.05) is 0 Å². The molecule has 4 heteroatoms. The Hall–Kier alpha value is -2.88. The minimum Gasteiger partial charge on any atom is -0.289 e.